The Morgan fingerprint density at radius 3 is 0.907 bits per heavy atom. The largest absolute Gasteiger partial charge is 0.480 e. The average molecular weight is 847 g/mol. The molecule has 0 aromatic rings. The highest BCUT2D eigenvalue weighted by atomic mass is 31.2. The first-order valence-electron chi connectivity index (χ1n) is 17.9. The minimum absolute atomic E-state index is 0.000163. The number of phosphoric acid groups is 3. The Morgan fingerprint density at radius 1 is 0.426 bits per heavy atom. The van der Waals surface area contributed by atoms with E-state index in [0.29, 0.717) is 38.5 Å². The molecule has 0 bridgehead atoms. The van der Waals surface area contributed by atoms with Gasteiger partial charge in [-0.2, -0.15) is 0 Å². The molecule has 6 N–H and O–H groups in total. The van der Waals surface area contributed by atoms with E-state index in [2.05, 4.69) is 13.6 Å². The lowest BCUT2D eigenvalue weighted by Crippen LogP contribution is -2.67. The third-order valence-electron chi connectivity index (χ3n) is 7.69. The molecule has 24 heteroatoms. The van der Waals surface area contributed by atoms with Crippen molar-refractivity contribution in [3.63, 3.8) is 0 Å². The molecule has 0 amide bonds. The maximum atomic E-state index is 13.2. The van der Waals surface area contributed by atoms with Gasteiger partial charge in [-0.25, -0.2) is 28.1 Å². The number of carboxylic acids is 3. The van der Waals surface area contributed by atoms with E-state index < -0.39 is 97.8 Å². The van der Waals surface area contributed by atoms with E-state index >= 15 is 0 Å². The molecule has 1 aliphatic carbocycles. The highest BCUT2D eigenvalue weighted by Gasteiger charge is 2.60. The second-order valence-corrected chi connectivity index (χ2v) is 16.5. The highest BCUT2D eigenvalue weighted by Crippen LogP contribution is 2.55. The Bertz CT molecular complexity index is 1190. The summed E-state index contributed by atoms with van der Waals surface area (Å²) in [7, 11) is -16.6. The van der Waals surface area contributed by atoms with Crippen LogP contribution in [0.4, 0.5) is 0 Å². The minimum Gasteiger partial charge on any atom is -0.480 e. The average Bonchev–Trinajstić information content (AvgIpc) is 3.08. The van der Waals surface area contributed by atoms with Gasteiger partial charge >= 0.3 is 41.4 Å². The van der Waals surface area contributed by atoms with Crippen LogP contribution in [-0.4, -0.2) is 124 Å². The zero-order valence-corrected chi connectivity index (χ0v) is 33.5. The summed E-state index contributed by atoms with van der Waals surface area (Å²) in [6.07, 6.45) is -2.99. The van der Waals surface area contributed by atoms with Crippen molar-refractivity contribution in [3.8, 4) is 0 Å². The predicted molar refractivity (Wildman–Crippen MR) is 187 cm³/mol. The van der Waals surface area contributed by atoms with Gasteiger partial charge in [-0.3, -0.25) is 27.1 Å². The van der Waals surface area contributed by atoms with Crippen molar-refractivity contribution in [1.29, 1.82) is 0 Å². The molecule has 0 saturated heterocycles. The van der Waals surface area contributed by atoms with Gasteiger partial charge in [0.2, 0.25) is 0 Å². The van der Waals surface area contributed by atoms with Crippen LogP contribution in [-0.2, 0) is 69.4 Å². The number of unbranched alkanes of at least 4 members (excludes halogenated alkanes) is 9. The zero-order chi connectivity index (χ0) is 40.8. The van der Waals surface area contributed by atoms with Crippen LogP contribution in [0.3, 0.4) is 0 Å². The van der Waals surface area contributed by atoms with E-state index in [1.807, 2.05) is 20.8 Å². The van der Waals surface area contributed by atoms with E-state index in [0.717, 1.165) is 38.5 Å². The minimum atomic E-state index is -5.58. The summed E-state index contributed by atoms with van der Waals surface area (Å²) in [6, 6.07) is 0. The van der Waals surface area contributed by atoms with Crippen LogP contribution in [0, 0.1) is 0 Å². The van der Waals surface area contributed by atoms with Gasteiger partial charge in [0.1, 0.15) is 36.6 Å². The third kappa shape index (κ3) is 21.2. The van der Waals surface area contributed by atoms with Crippen molar-refractivity contribution < 1.29 is 99.4 Å². The SMILES string of the molecule is CCCCCCOC1[C@@H](OCCCCCC)[C@H](OP(=O)(O)OCC(=O)O)C(OP(=O)(O)OCC(=O)O)[C@@H](OP(=O)(O)OCC(=O)O)[C@H]1OCCCCCC. The molecule has 1 aliphatic rings. The molecule has 1 rings (SSSR count). The van der Waals surface area contributed by atoms with E-state index in [1.54, 1.807) is 0 Å². The molecule has 1 saturated carbocycles. The Hall–Kier alpha value is -1.38. The van der Waals surface area contributed by atoms with E-state index in [-0.39, 0.29) is 19.8 Å². The molecule has 54 heavy (non-hydrogen) atoms. The van der Waals surface area contributed by atoms with Crippen LogP contribution < -0.4 is 0 Å². The summed E-state index contributed by atoms with van der Waals surface area (Å²) in [5, 5.41) is 27.3. The lowest BCUT2D eigenvalue weighted by Gasteiger charge is -2.49. The van der Waals surface area contributed by atoms with Crippen LogP contribution in [0.15, 0.2) is 0 Å². The Kier molecular flexibility index (Phi) is 24.9. The molecule has 1 fully saturated rings. The zero-order valence-electron chi connectivity index (χ0n) is 30.8. The number of phosphoric ester groups is 3. The summed E-state index contributed by atoms with van der Waals surface area (Å²) in [4.78, 5) is 65.6. The Balaban J connectivity index is 4.02. The fourth-order valence-electron chi connectivity index (χ4n) is 5.26. The number of carboxylic acid groups (broad SMARTS) is 3. The van der Waals surface area contributed by atoms with Gasteiger partial charge < -0.3 is 44.2 Å². The van der Waals surface area contributed by atoms with Crippen LogP contribution in [0.2, 0.25) is 0 Å². The van der Waals surface area contributed by atoms with Gasteiger partial charge in [0.25, 0.3) is 0 Å². The molecular formula is C30H57O21P3. The van der Waals surface area contributed by atoms with Crippen LogP contribution in [0.25, 0.3) is 0 Å². The van der Waals surface area contributed by atoms with Crippen LogP contribution in [0.5, 0.6) is 0 Å². The van der Waals surface area contributed by atoms with Gasteiger partial charge in [-0.1, -0.05) is 78.6 Å². The topological polar surface area (TPSA) is 307 Å². The summed E-state index contributed by atoms with van der Waals surface area (Å²) in [5.74, 6) is -5.07. The number of hydrogen-bond donors (Lipinski definition) is 6. The maximum absolute atomic E-state index is 13.2. The molecule has 318 valence electrons. The number of rotatable bonds is 33. The first-order chi connectivity index (χ1) is 25.4. The van der Waals surface area contributed by atoms with Gasteiger partial charge in [0, 0.05) is 19.8 Å². The van der Waals surface area contributed by atoms with Gasteiger partial charge in [0.15, 0.2) is 19.8 Å². The quantitative estimate of drug-likeness (QED) is 0.0386. The van der Waals surface area contributed by atoms with Crippen LogP contribution in [0.1, 0.15) is 97.8 Å². The van der Waals surface area contributed by atoms with Gasteiger partial charge in [-0.15, -0.1) is 0 Å². The second-order valence-electron chi connectivity index (χ2n) is 12.3. The summed E-state index contributed by atoms with van der Waals surface area (Å²) >= 11 is 0. The fourth-order valence-corrected chi connectivity index (χ4v) is 7.90. The number of hydrogen-bond acceptors (Lipinski definition) is 15. The molecule has 0 spiro atoms. The third-order valence-corrected chi connectivity index (χ3v) is 10.6. The predicted octanol–water partition coefficient (Wildman–Crippen LogP) is 4.66. The van der Waals surface area contributed by atoms with Crippen molar-refractivity contribution in [2.45, 2.75) is 134 Å². The molecule has 0 aromatic heterocycles. The molecule has 0 heterocycles. The lowest BCUT2D eigenvalue weighted by molar-refractivity contribution is -0.249. The van der Waals surface area contributed by atoms with Gasteiger partial charge in [0.05, 0.1) is 0 Å². The molecule has 9 atom stereocenters. The maximum Gasteiger partial charge on any atom is 0.473 e. The van der Waals surface area contributed by atoms with Crippen molar-refractivity contribution >= 4 is 41.4 Å². The molecule has 0 aromatic carbocycles. The number of aliphatic carboxylic acids is 3. The first kappa shape index (κ1) is 50.6. The molecule has 5 unspecified atom stereocenters. The molecule has 0 aliphatic heterocycles. The highest BCUT2D eigenvalue weighted by molar-refractivity contribution is 7.48. The van der Waals surface area contributed by atoms with E-state index in [1.165, 1.54) is 0 Å². The van der Waals surface area contributed by atoms with Crippen molar-refractivity contribution in [2.75, 3.05) is 39.6 Å². The monoisotopic (exact) mass is 846 g/mol. The summed E-state index contributed by atoms with van der Waals surface area (Å²) in [5.41, 5.74) is 0. The smallest absolute Gasteiger partial charge is 0.473 e. The fraction of sp³-hybridized carbons (Fsp3) is 0.900. The number of carbonyl (C=O) groups is 3. The molecule has 21 nitrogen and oxygen atoms in total. The van der Waals surface area contributed by atoms with Crippen LogP contribution >= 0.6 is 23.5 Å². The van der Waals surface area contributed by atoms with E-state index in [9.17, 15) is 42.8 Å². The first-order valence-corrected chi connectivity index (χ1v) is 22.3. The second kappa shape index (κ2) is 26.5. The Morgan fingerprint density at radius 2 is 0.667 bits per heavy atom. The van der Waals surface area contributed by atoms with Crippen molar-refractivity contribution in [2.24, 2.45) is 0 Å². The molecular weight excluding hydrogens is 789 g/mol. The van der Waals surface area contributed by atoms with Gasteiger partial charge in [-0.05, 0) is 19.3 Å². The lowest BCUT2D eigenvalue weighted by atomic mass is 9.84. The standard InChI is InChI=1S/C30H57O21P3/c1-4-7-10-13-16-43-25-26(44-17-14-11-8-5-2)28(49-52(37,38)46-19-22(31)32)30(51-54(41,42)48-21-24(35)36)29(27(25)45-18-15-12-9-6-3)50-53(39,40)47-20-23(33)34/h25-30H,4-21H2,1-3H3,(H,31,32)(H,33,34)(H,35,36)(H,37,38)(H,39,40)(H,41,42)/t25?,26-,27+,28-,29-,30?/m0/s1. The van der Waals surface area contributed by atoms with E-state index in [4.69, 9.17) is 43.1 Å². The summed E-state index contributed by atoms with van der Waals surface area (Å²) in [6.45, 7) is 1.67. The normalized spacial score (nSPS) is 25.0. The van der Waals surface area contributed by atoms with Crippen molar-refractivity contribution in [3.05, 3.63) is 0 Å². The molecule has 0 radical (unpaired) electrons. The summed E-state index contributed by atoms with van der Waals surface area (Å²) < 4.78 is 88.0. The number of ether oxygens (including phenoxy) is 3. The Labute approximate surface area is 314 Å². The van der Waals surface area contributed by atoms with Crippen molar-refractivity contribution in [1.82, 2.24) is 0 Å².